The summed E-state index contributed by atoms with van der Waals surface area (Å²) in [6.07, 6.45) is 5.11. The molecule has 1 aromatic heterocycles. The van der Waals surface area contributed by atoms with Gasteiger partial charge in [0, 0.05) is 0 Å². The molecule has 6 nitrogen and oxygen atoms in total. The van der Waals surface area contributed by atoms with Crippen molar-refractivity contribution >= 4 is 38.4 Å². The summed E-state index contributed by atoms with van der Waals surface area (Å²) < 4.78 is 12.9. The highest BCUT2D eigenvalue weighted by molar-refractivity contribution is 7.22. The van der Waals surface area contributed by atoms with Crippen molar-refractivity contribution in [2.24, 2.45) is 5.92 Å². The Morgan fingerprint density at radius 1 is 1.17 bits per heavy atom. The summed E-state index contributed by atoms with van der Waals surface area (Å²) in [6, 6.07) is 13.0. The molecule has 35 heavy (non-hydrogen) atoms. The summed E-state index contributed by atoms with van der Waals surface area (Å²) in [5, 5.41) is 0.571. The van der Waals surface area contributed by atoms with Crippen molar-refractivity contribution < 1.29 is 19.1 Å². The Morgan fingerprint density at radius 2 is 1.97 bits per heavy atom. The van der Waals surface area contributed by atoms with Crippen molar-refractivity contribution in [1.29, 1.82) is 0 Å². The third-order valence-corrected chi connectivity index (χ3v) is 8.08. The van der Waals surface area contributed by atoms with Crippen LogP contribution in [0.2, 0.25) is 0 Å². The monoisotopic (exact) mass is 486 g/mol. The van der Waals surface area contributed by atoms with Crippen LogP contribution in [0.5, 0.6) is 5.75 Å². The van der Waals surface area contributed by atoms with Gasteiger partial charge >= 0.3 is 0 Å². The van der Waals surface area contributed by atoms with Crippen molar-refractivity contribution in [2.75, 3.05) is 11.5 Å². The van der Waals surface area contributed by atoms with E-state index < -0.39 is 6.04 Å². The van der Waals surface area contributed by atoms with E-state index >= 15 is 0 Å². The predicted octanol–water partition coefficient (Wildman–Crippen LogP) is 5.67. The molecule has 1 saturated carbocycles. The molecular formula is C28H26N2O4S. The van der Waals surface area contributed by atoms with Crippen molar-refractivity contribution in [1.82, 2.24) is 4.98 Å². The fourth-order valence-electron chi connectivity index (χ4n) is 5.38. The van der Waals surface area contributed by atoms with Gasteiger partial charge in [-0.25, -0.2) is 4.98 Å². The molecule has 1 fully saturated rings. The lowest BCUT2D eigenvalue weighted by atomic mass is 9.77. The molecule has 6 rings (SSSR count). The number of carbonyl (C=O) groups is 2. The predicted molar refractivity (Wildman–Crippen MR) is 136 cm³/mol. The van der Waals surface area contributed by atoms with Crippen LogP contribution in [-0.4, -0.2) is 29.4 Å². The van der Waals surface area contributed by atoms with Crippen LogP contribution in [0.1, 0.15) is 42.9 Å². The molecule has 1 aliphatic carbocycles. The molecule has 3 aliphatic rings. The second-order valence-electron chi connectivity index (χ2n) is 9.37. The second-order valence-corrected chi connectivity index (χ2v) is 10.4. The van der Waals surface area contributed by atoms with Gasteiger partial charge in [-0.05, 0) is 61.6 Å². The number of Topliss-reactive ketones (excluding diaryl/α,β-unsaturated/α-hetero) is 1. The lowest BCUT2D eigenvalue weighted by Gasteiger charge is -2.35. The SMILES string of the molecule is C=CCOc1ccc(C2C3=C(OC4CCCCC4C3=O)C(=O)N2c2nc3ccc(C)cc3s2)cc1. The Bertz CT molecular complexity index is 1370. The summed E-state index contributed by atoms with van der Waals surface area (Å²) in [5.41, 5.74) is 3.26. The van der Waals surface area contributed by atoms with Gasteiger partial charge in [0.2, 0.25) is 0 Å². The van der Waals surface area contributed by atoms with Crippen LogP contribution in [-0.2, 0) is 14.3 Å². The lowest BCUT2D eigenvalue weighted by molar-refractivity contribution is -0.131. The first-order valence-electron chi connectivity index (χ1n) is 12.0. The molecule has 3 heterocycles. The molecule has 3 unspecified atom stereocenters. The van der Waals surface area contributed by atoms with Crippen molar-refractivity contribution in [3.8, 4) is 5.75 Å². The van der Waals surface area contributed by atoms with Crippen molar-refractivity contribution in [3.05, 3.63) is 77.6 Å². The number of amides is 1. The Labute approximate surface area is 207 Å². The number of fused-ring (bicyclic) bond motifs is 2. The molecule has 0 bridgehead atoms. The van der Waals surface area contributed by atoms with Gasteiger partial charge in [-0.15, -0.1) is 0 Å². The molecule has 2 aliphatic heterocycles. The molecular weight excluding hydrogens is 460 g/mol. The minimum Gasteiger partial charge on any atom is -0.490 e. The number of hydrogen-bond donors (Lipinski definition) is 0. The quantitative estimate of drug-likeness (QED) is 0.435. The van der Waals surface area contributed by atoms with Gasteiger partial charge in [0.25, 0.3) is 5.91 Å². The van der Waals surface area contributed by atoms with Gasteiger partial charge in [-0.3, -0.25) is 14.5 Å². The third kappa shape index (κ3) is 3.65. The maximum atomic E-state index is 13.8. The highest BCUT2D eigenvalue weighted by atomic mass is 32.1. The van der Waals surface area contributed by atoms with Crippen LogP contribution in [0.3, 0.4) is 0 Å². The highest BCUT2D eigenvalue weighted by Crippen LogP contribution is 2.49. The van der Waals surface area contributed by atoms with Crippen LogP contribution in [0.25, 0.3) is 10.2 Å². The molecule has 7 heteroatoms. The Morgan fingerprint density at radius 3 is 2.77 bits per heavy atom. The van der Waals surface area contributed by atoms with Gasteiger partial charge in [-0.2, -0.15) is 0 Å². The Kier molecular flexibility index (Phi) is 5.44. The standard InChI is InChI=1S/C28H26N2O4S/c1-3-14-33-18-11-9-17(10-12-18)24-23-25(31)19-6-4-5-7-21(19)34-26(23)27(32)30(24)28-29-20-13-8-16(2)15-22(20)35-28/h3,8-13,15,19,21,24H,1,4-7,14H2,2H3. The summed E-state index contributed by atoms with van der Waals surface area (Å²) >= 11 is 1.46. The third-order valence-electron chi connectivity index (χ3n) is 7.07. The number of ether oxygens (including phenoxy) is 2. The van der Waals surface area contributed by atoms with E-state index in [0.717, 1.165) is 47.0 Å². The molecule has 0 radical (unpaired) electrons. The Balaban J connectivity index is 1.46. The molecule has 0 spiro atoms. The number of aromatic nitrogens is 1. The van der Waals surface area contributed by atoms with Crippen molar-refractivity contribution in [2.45, 2.75) is 44.8 Å². The zero-order valence-corrected chi connectivity index (χ0v) is 20.3. The largest absolute Gasteiger partial charge is 0.490 e. The van der Waals surface area contributed by atoms with Crippen LogP contribution in [0.15, 0.2) is 66.5 Å². The average molecular weight is 487 g/mol. The van der Waals surface area contributed by atoms with Crippen LogP contribution < -0.4 is 9.64 Å². The minimum atomic E-state index is -0.581. The number of rotatable bonds is 5. The molecule has 0 saturated heterocycles. The highest BCUT2D eigenvalue weighted by Gasteiger charge is 2.53. The number of nitrogens with zero attached hydrogens (tertiary/aromatic N) is 2. The first kappa shape index (κ1) is 22.0. The first-order valence-corrected chi connectivity index (χ1v) is 12.9. The molecule has 2 aromatic carbocycles. The van der Waals surface area contributed by atoms with E-state index in [0.29, 0.717) is 23.1 Å². The van der Waals surface area contributed by atoms with E-state index in [1.54, 1.807) is 11.0 Å². The second kappa shape index (κ2) is 8.64. The van der Waals surface area contributed by atoms with Crippen LogP contribution >= 0.6 is 11.3 Å². The van der Waals surface area contributed by atoms with E-state index in [9.17, 15) is 9.59 Å². The number of anilines is 1. The number of carbonyl (C=O) groups excluding carboxylic acids is 2. The molecule has 178 valence electrons. The zero-order valence-electron chi connectivity index (χ0n) is 19.5. The number of benzene rings is 2. The maximum Gasteiger partial charge on any atom is 0.296 e. The molecule has 1 amide bonds. The topological polar surface area (TPSA) is 68.7 Å². The number of hydrogen-bond acceptors (Lipinski definition) is 6. The smallest absolute Gasteiger partial charge is 0.296 e. The van der Waals surface area contributed by atoms with Gasteiger partial charge < -0.3 is 9.47 Å². The zero-order chi connectivity index (χ0) is 24.1. The number of thiazole rings is 1. The fourth-order valence-corrected chi connectivity index (χ4v) is 6.47. The Hall–Kier alpha value is -3.45. The number of ketones is 1. The van der Waals surface area contributed by atoms with Crippen LogP contribution in [0.4, 0.5) is 5.13 Å². The van der Waals surface area contributed by atoms with Crippen LogP contribution in [0, 0.1) is 12.8 Å². The molecule has 3 aromatic rings. The summed E-state index contributed by atoms with van der Waals surface area (Å²) in [7, 11) is 0. The van der Waals surface area contributed by atoms with Crippen molar-refractivity contribution in [3.63, 3.8) is 0 Å². The first-order chi connectivity index (χ1) is 17.0. The van der Waals surface area contributed by atoms with Gasteiger partial charge in [0.15, 0.2) is 16.7 Å². The summed E-state index contributed by atoms with van der Waals surface area (Å²) in [4.78, 5) is 34.1. The van der Waals surface area contributed by atoms with Gasteiger partial charge in [-0.1, -0.05) is 48.6 Å². The maximum absolute atomic E-state index is 13.8. The van der Waals surface area contributed by atoms with E-state index in [1.165, 1.54) is 11.3 Å². The van der Waals surface area contributed by atoms with E-state index in [-0.39, 0.29) is 29.5 Å². The average Bonchev–Trinajstić information content (AvgIpc) is 3.41. The lowest BCUT2D eigenvalue weighted by Crippen LogP contribution is -2.39. The number of aryl methyl sites for hydroxylation is 1. The van der Waals surface area contributed by atoms with Gasteiger partial charge in [0.1, 0.15) is 18.5 Å². The normalized spacial score (nSPS) is 23.8. The summed E-state index contributed by atoms with van der Waals surface area (Å²) in [5.74, 6) is 0.468. The fraction of sp³-hybridized carbons (Fsp3) is 0.321. The molecule has 3 atom stereocenters. The van der Waals surface area contributed by atoms with Gasteiger partial charge in [0.05, 0.1) is 27.7 Å². The summed E-state index contributed by atoms with van der Waals surface area (Å²) in [6.45, 7) is 6.13. The van der Waals surface area contributed by atoms with E-state index in [2.05, 4.69) is 12.6 Å². The van der Waals surface area contributed by atoms with E-state index in [1.807, 2.05) is 43.3 Å². The van der Waals surface area contributed by atoms with E-state index in [4.69, 9.17) is 14.5 Å². The minimum absolute atomic E-state index is 0.0424. The molecule has 0 N–H and O–H groups in total.